The molecule has 0 unspecified atom stereocenters. The van der Waals surface area contributed by atoms with E-state index in [1.54, 1.807) is 13.0 Å². The van der Waals surface area contributed by atoms with Gasteiger partial charge in [0.2, 0.25) is 5.91 Å². The largest absolute Gasteiger partial charge is 0.493 e. The van der Waals surface area contributed by atoms with Crippen LogP contribution in [-0.4, -0.2) is 20.1 Å². The molecule has 2 rings (SSSR count). The third-order valence-electron chi connectivity index (χ3n) is 3.26. The minimum absolute atomic E-state index is 0.149. The second kappa shape index (κ2) is 7.26. The maximum Gasteiger partial charge on any atom is 0.225 e. The Bertz CT molecular complexity index is 643. The summed E-state index contributed by atoms with van der Waals surface area (Å²) in [5, 5.41) is 4.71. The number of carbonyl (C=O) groups excluding carboxylic acids is 1. The number of halogens is 1. The number of thiophene rings is 1. The van der Waals surface area contributed by atoms with Crippen LogP contribution in [0.15, 0.2) is 29.6 Å². The van der Waals surface area contributed by atoms with Crippen molar-refractivity contribution in [3.63, 3.8) is 0 Å². The molecule has 1 aromatic heterocycles. The van der Waals surface area contributed by atoms with Crippen LogP contribution < -0.4 is 14.8 Å². The number of amides is 1. The molecular weight excluding hydrogens is 305 g/mol. The summed E-state index contributed by atoms with van der Waals surface area (Å²) in [5.41, 5.74) is 0.358. The molecule has 4 nitrogen and oxygen atoms in total. The standard InChI is InChI=1S/C16H18FNO3S/c1-10(18-16(19)7-11-5-4-6-22-11)12-8-14(20-2)15(21-3)9-13(12)17/h4-6,8-10H,7H2,1-3H3,(H,18,19)/t10-/m1/s1. The number of hydrogen-bond acceptors (Lipinski definition) is 4. The summed E-state index contributed by atoms with van der Waals surface area (Å²) in [6, 6.07) is 6.13. The molecule has 0 aliphatic rings. The van der Waals surface area contributed by atoms with E-state index in [2.05, 4.69) is 5.32 Å². The first-order chi connectivity index (χ1) is 10.5. The molecule has 0 aliphatic carbocycles. The summed E-state index contributed by atoms with van der Waals surface area (Å²) in [6.45, 7) is 1.73. The Balaban J connectivity index is 2.11. The predicted molar refractivity (Wildman–Crippen MR) is 84.1 cm³/mol. The molecule has 1 aromatic carbocycles. The number of carbonyl (C=O) groups is 1. The van der Waals surface area contributed by atoms with Crippen LogP contribution in [0.25, 0.3) is 0 Å². The highest BCUT2D eigenvalue weighted by molar-refractivity contribution is 7.10. The van der Waals surface area contributed by atoms with Gasteiger partial charge in [-0.1, -0.05) is 6.07 Å². The lowest BCUT2D eigenvalue weighted by molar-refractivity contribution is -0.121. The SMILES string of the molecule is COc1cc(F)c([C@@H](C)NC(=O)Cc2cccs2)cc1OC. The van der Waals surface area contributed by atoms with Gasteiger partial charge in [-0.05, 0) is 24.4 Å². The second-order valence-corrected chi connectivity index (χ2v) is 5.81. The molecule has 0 spiro atoms. The summed E-state index contributed by atoms with van der Waals surface area (Å²) in [7, 11) is 2.93. The maximum absolute atomic E-state index is 14.1. The molecule has 6 heteroatoms. The van der Waals surface area contributed by atoms with E-state index in [-0.39, 0.29) is 12.3 Å². The first-order valence-corrected chi connectivity index (χ1v) is 7.66. The molecule has 1 N–H and O–H groups in total. The quantitative estimate of drug-likeness (QED) is 0.887. The molecular formula is C16H18FNO3S. The average Bonchev–Trinajstić information content (AvgIpc) is 2.99. The number of ether oxygens (including phenoxy) is 2. The molecule has 0 radical (unpaired) electrons. The summed E-state index contributed by atoms with van der Waals surface area (Å²) in [6.07, 6.45) is 0.289. The van der Waals surface area contributed by atoms with Crippen LogP contribution >= 0.6 is 11.3 Å². The second-order valence-electron chi connectivity index (χ2n) is 4.77. The Morgan fingerprint density at radius 1 is 1.32 bits per heavy atom. The van der Waals surface area contributed by atoms with Crippen LogP contribution in [0, 0.1) is 5.82 Å². The van der Waals surface area contributed by atoms with Crippen molar-refractivity contribution in [2.24, 2.45) is 0 Å². The van der Waals surface area contributed by atoms with Crippen molar-refractivity contribution < 1.29 is 18.7 Å². The fourth-order valence-corrected chi connectivity index (χ4v) is 2.85. The highest BCUT2D eigenvalue weighted by Crippen LogP contribution is 2.32. The highest BCUT2D eigenvalue weighted by Gasteiger charge is 2.18. The van der Waals surface area contributed by atoms with Crippen molar-refractivity contribution in [2.75, 3.05) is 14.2 Å². The zero-order chi connectivity index (χ0) is 16.1. The molecule has 118 valence electrons. The molecule has 0 saturated heterocycles. The molecule has 22 heavy (non-hydrogen) atoms. The van der Waals surface area contributed by atoms with Gasteiger partial charge < -0.3 is 14.8 Å². The van der Waals surface area contributed by atoms with Crippen LogP contribution in [0.1, 0.15) is 23.4 Å². The van der Waals surface area contributed by atoms with Crippen molar-refractivity contribution >= 4 is 17.2 Å². The maximum atomic E-state index is 14.1. The van der Waals surface area contributed by atoms with Crippen molar-refractivity contribution in [3.05, 3.63) is 45.9 Å². The van der Waals surface area contributed by atoms with Crippen LogP contribution in [-0.2, 0) is 11.2 Å². The molecule has 0 aliphatic heterocycles. The normalized spacial score (nSPS) is 11.8. The number of rotatable bonds is 6. The first-order valence-electron chi connectivity index (χ1n) is 6.78. The molecule has 0 fully saturated rings. The van der Waals surface area contributed by atoms with Crippen molar-refractivity contribution in [1.82, 2.24) is 5.32 Å². The van der Waals surface area contributed by atoms with Gasteiger partial charge in [-0.2, -0.15) is 0 Å². The van der Waals surface area contributed by atoms with Crippen LogP contribution in [0.2, 0.25) is 0 Å². The third kappa shape index (κ3) is 3.76. The number of methoxy groups -OCH3 is 2. The number of benzene rings is 1. The summed E-state index contributed by atoms with van der Waals surface area (Å²) < 4.78 is 24.4. The monoisotopic (exact) mass is 323 g/mol. The zero-order valence-electron chi connectivity index (χ0n) is 12.7. The summed E-state index contributed by atoms with van der Waals surface area (Å²) in [5.74, 6) is 0.157. The Morgan fingerprint density at radius 2 is 2.00 bits per heavy atom. The van der Waals surface area contributed by atoms with Crippen molar-refractivity contribution in [2.45, 2.75) is 19.4 Å². The van der Waals surface area contributed by atoms with E-state index in [1.807, 2.05) is 17.5 Å². The lowest BCUT2D eigenvalue weighted by Gasteiger charge is -2.17. The van der Waals surface area contributed by atoms with Gasteiger partial charge in [0.1, 0.15) is 5.82 Å². The highest BCUT2D eigenvalue weighted by atomic mass is 32.1. The lowest BCUT2D eigenvalue weighted by Crippen LogP contribution is -2.28. The van der Waals surface area contributed by atoms with Gasteiger partial charge in [0.25, 0.3) is 0 Å². The molecule has 2 aromatic rings. The van der Waals surface area contributed by atoms with Gasteiger partial charge in [-0.25, -0.2) is 4.39 Å². The van der Waals surface area contributed by atoms with Gasteiger partial charge >= 0.3 is 0 Å². The van der Waals surface area contributed by atoms with Gasteiger partial charge in [0.05, 0.1) is 26.7 Å². The molecule has 0 bridgehead atoms. The van der Waals surface area contributed by atoms with Gasteiger partial charge in [-0.15, -0.1) is 11.3 Å². The summed E-state index contributed by atoms with van der Waals surface area (Å²) >= 11 is 1.52. The Kier molecular flexibility index (Phi) is 5.38. The molecule has 1 atom stereocenters. The van der Waals surface area contributed by atoms with E-state index in [0.29, 0.717) is 17.1 Å². The Labute approximate surface area is 132 Å². The predicted octanol–water partition coefficient (Wildman–Crippen LogP) is 3.32. The Hall–Kier alpha value is -2.08. The lowest BCUT2D eigenvalue weighted by atomic mass is 10.1. The zero-order valence-corrected chi connectivity index (χ0v) is 13.5. The van der Waals surface area contributed by atoms with E-state index in [1.165, 1.54) is 31.6 Å². The minimum Gasteiger partial charge on any atom is -0.493 e. The molecule has 1 amide bonds. The van der Waals surface area contributed by atoms with E-state index in [9.17, 15) is 9.18 Å². The molecule has 1 heterocycles. The van der Waals surface area contributed by atoms with E-state index in [4.69, 9.17) is 9.47 Å². The topological polar surface area (TPSA) is 47.6 Å². The van der Waals surface area contributed by atoms with E-state index in [0.717, 1.165) is 4.88 Å². The first kappa shape index (κ1) is 16.3. The third-order valence-corrected chi connectivity index (χ3v) is 4.14. The number of hydrogen-bond donors (Lipinski definition) is 1. The smallest absolute Gasteiger partial charge is 0.225 e. The van der Waals surface area contributed by atoms with Gasteiger partial charge in [0.15, 0.2) is 11.5 Å². The summed E-state index contributed by atoms with van der Waals surface area (Å²) in [4.78, 5) is 13.0. The van der Waals surface area contributed by atoms with E-state index >= 15 is 0 Å². The van der Waals surface area contributed by atoms with Crippen LogP contribution in [0.5, 0.6) is 11.5 Å². The van der Waals surface area contributed by atoms with Crippen LogP contribution in [0.3, 0.4) is 0 Å². The fraction of sp³-hybridized carbons (Fsp3) is 0.312. The fourth-order valence-electron chi connectivity index (χ4n) is 2.14. The van der Waals surface area contributed by atoms with E-state index < -0.39 is 11.9 Å². The minimum atomic E-state index is -0.465. The van der Waals surface area contributed by atoms with Gasteiger partial charge in [-0.3, -0.25) is 4.79 Å². The van der Waals surface area contributed by atoms with Crippen molar-refractivity contribution in [1.29, 1.82) is 0 Å². The number of nitrogens with one attached hydrogen (secondary N) is 1. The van der Waals surface area contributed by atoms with Gasteiger partial charge in [0, 0.05) is 16.5 Å². The van der Waals surface area contributed by atoms with Crippen LogP contribution in [0.4, 0.5) is 4.39 Å². The van der Waals surface area contributed by atoms with Crippen molar-refractivity contribution in [3.8, 4) is 11.5 Å². The average molecular weight is 323 g/mol. The molecule has 0 saturated carbocycles. The Morgan fingerprint density at radius 3 is 2.59 bits per heavy atom.